The predicted molar refractivity (Wildman–Crippen MR) is 108 cm³/mol. The fourth-order valence-electron chi connectivity index (χ4n) is 2.82. The van der Waals surface area contributed by atoms with Crippen molar-refractivity contribution in [2.24, 2.45) is 5.73 Å². The molecule has 3 aromatic rings. The van der Waals surface area contributed by atoms with Crippen molar-refractivity contribution in [3.63, 3.8) is 0 Å². The summed E-state index contributed by atoms with van der Waals surface area (Å²) in [6.07, 6.45) is 1.31. The van der Waals surface area contributed by atoms with Crippen LogP contribution >= 0.6 is 11.3 Å². The van der Waals surface area contributed by atoms with Crippen molar-refractivity contribution >= 4 is 39.1 Å². The lowest BCUT2D eigenvalue weighted by Crippen LogP contribution is -2.31. The van der Waals surface area contributed by atoms with Gasteiger partial charge in [0.25, 0.3) is 11.5 Å². The van der Waals surface area contributed by atoms with Crippen molar-refractivity contribution in [1.82, 2.24) is 9.55 Å². The van der Waals surface area contributed by atoms with Gasteiger partial charge in [-0.05, 0) is 50.6 Å². The molecule has 8 nitrogen and oxygen atoms in total. The summed E-state index contributed by atoms with van der Waals surface area (Å²) in [4.78, 5) is 42.0. The maximum atomic E-state index is 12.9. The lowest BCUT2D eigenvalue weighted by molar-refractivity contribution is -0.118. The Labute approximate surface area is 165 Å². The number of nitrogens with two attached hydrogens (primary N) is 1. The SMILES string of the molecule is CCOc1ccc(NC(=O)C(C)n2cnc3sc(C(N)=O)c(C)c3c2=O)cc1. The lowest BCUT2D eigenvalue weighted by atomic mass is 10.2. The molecule has 0 spiro atoms. The van der Waals surface area contributed by atoms with E-state index in [1.807, 2.05) is 6.92 Å². The van der Waals surface area contributed by atoms with E-state index in [1.54, 1.807) is 38.1 Å². The largest absolute Gasteiger partial charge is 0.494 e. The van der Waals surface area contributed by atoms with Gasteiger partial charge < -0.3 is 15.8 Å². The molecule has 2 heterocycles. The minimum absolute atomic E-state index is 0.295. The molecule has 0 fully saturated rings. The second-order valence-corrected chi connectivity index (χ2v) is 7.18. The second kappa shape index (κ2) is 7.81. The third kappa shape index (κ3) is 3.61. The Morgan fingerprint density at radius 1 is 1.32 bits per heavy atom. The van der Waals surface area contributed by atoms with Crippen LogP contribution in [0.3, 0.4) is 0 Å². The van der Waals surface area contributed by atoms with Crippen molar-refractivity contribution < 1.29 is 14.3 Å². The molecule has 1 atom stereocenters. The Kier molecular flexibility index (Phi) is 5.46. The zero-order valence-corrected chi connectivity index (χ0v) is 16.5. The number of aryl methyl sites for hydroxylation is 1. The molecule has 28 heavy (non-hydrogen) atoms. The minimum Gasteiger partial charge on any atom is -0.494 e. The topological polar surface area (TPSA) is 116 Å². The van der Waals surface area contributed by atoms with Gasteiger partial charge in [-0.25, -0.2) is 4.98 Å². The van der Waals surface area contributed by atoms with Gasteiger partial charge in [-0.2, -0.15) is 0 Å². The van der Waals surface area contributed by atoms with E-state index in [4.69, 9.17) is 10.5 Å². The van der Waals surface area contributed by atoms with Gasteiger partial charge in [-0.3, -0.25) is 19.0 Å². The standard InChI is InChI=1S/C19H20N4O4S/c1-4-27-13-7-5-12(6-8-13)22-17(25)11(3)23-9-21-18-14(19(23)26)10(2)15(28-18)16(20)24/h5-9,11H,4H2,1-3H3,(H2,20,24)(H,22,25). The van der Waals surface area contributed by atoms with Gasteiger partial charge in [-0.1, -0.05) is 0 Å². The average molecular weight is 400 g/mol. The van der Waals surface area contributed by atoms with Gasteiger partial charge in [-0.15, -0.1) is 11.3 Å². The molecule has 0 radical (unpaired) electrons. The number of aromatic nitrogens is 2. The van der Waals surface area contributed by atoms with Crippen molar-refractivity contribution in [3.05, 3.63) is 51.4 Å². The molecule has 0 aliphatic carbocycles. The van der Waals surface area contributed by atoms with Gasteiger partial charge in [0.2, 0.25) is 5.91 Å². The summed E-state index contributed by atoms with van der Waals surface area (Å²) in [5.74, 6) is -0.263. The molecule has 0 bridgehead atoms. The van der Waals surface area contributed by atoms with Crippen LogP contribution in [0.5, 0.6) is 5.75 Å². The number of primary amides is 1. The van der Waals surface area contributed by atoms with Gasteiger partial charge in [0.15, 0.2) is 0 Å². The van der Waals surface area contributed by atoms with Crippen LogP contribution in [0.15, 0.2) is 35.4 Å². The van der Waals surface area contributed by atoms with Crippen LogP contribution < -0.4 is 21.3 Å². The number of hydrogen-bond donors (Lipinski definition) is 2. The first-order chi connectivity index (χ1) is 13.3. The number of rotatable bonds is 6. The maximum absolute atomic E-state index is 12.9. The molecule has 2 amide bonds. The molecule has 146 valence electrons. The van der Waals surface area contributed by atoms with E-state index in [2.05, 4.69) is 10.3 Å². The quantitative estimate of drug-likeness (QED) is 0.659. The molecule has 3 rings (SSSR count). The van der Waals surface area contributed by atoms with Crippen LogP contribution in [0.1, 0.15) is 35.1 Å². The van der Waals surface area contributed by atoms with E-state index in [1.165, 1.54) is 10.9 Å². The number of nitrogens with zero attached hydrogens (tertiary/aromatic N) is 2. The normalized spacial score (nSPS) is 12.0. The zero-order chi connectivity index (χ0) is 20.4. The molecule has 0 saturated heterocycles. The number of benzene rings is 1. The highest BCUT2D eigenvalue weighted by atomic mass is 32.1. The van der Waals surface area contributed by atoms with E-state index in [0.717, 1.165) is 11.3 Å². The van der Waals surface area contributed by atoms with Gasteiger partial charge in [0.1, 0.15) is 16.6 Å². The molecule has 0 aliphatic rings. The molecule has 1 unspecified atom stereocenters. The Morgan fingerprint density at radius 3 is 2.61 bits per heavy atom. The summed E-state index contributed by atoms with van der Waals surface area (Å²) in [6, 6.07) is 6.16. The van der Waals surface area contributed by atoms with Crippen molar-refractivity contribution in [2.45, 2.75) is 26.8 Å². The minimum atomic E-state index is -0.799. The number of carbonyl (C=O) groups excluding carboxylic acids is 2. The van der Waals surface area contributed by atoms with E-state index in [9.17, 15) is 14.4 Å². The number of amides is 2. The molecule has 1 aromatic carbocycles. The first kappa shape index (κ1) is 19.6. The van der Waals surface area contributed by atoms with Crippen molar-refractivity contribution in [3.8, 4) is 5.75 Å². The molecule has 2 aromatic heterocycles. The van der Waals surface area contributed by atoms with Crippen LogP contribution in [-0.4, -0.2) is 28.0 Å². The first-order valence-electron chi connectivity index (χ1n) is 8.67. The average Bonchev–Trinajstić information content (AvgIpc) is 3.01. The highest BCUT2D eigenvalue weighted by Crippen LogP contribution is 2.26. The molecule has 0 saturated carbocycles. The van der Waals surface area contributed by atoms with E-state index >= 15 is 0 Å². The number of fused-ring (bicyclic) bond motifs is 1. The van der Waals surface area contributed by atoms with Crippen LogP contribution in [0, 0.1) is 6.92 Å². The zero-order valence-electron chi connectivity index (χ0n) is 15.7. The van der Waals surface area contributed by atoms with Crippen LogP contribution in [0.25, 0.3) is 10.2 Å². The van der Waals surface area contributed by atoms with Gasteiger partial charge in [0.05, 0.1) is 23.2 Å². The summed E-state index contributed by atoms with van der Waals surface area (Å²) < 4.78 is 6.62. The Hall–Kier alpha value is -3.20. The lowest BCUT2D eigenvalue weighted by Gasteiger charge is -2.15. The Bertz CT molecular complexity index is 1100. The Balaban J connectivity index is 1.88. The second-order valence-electron chi connectivity index (χ2n) is 6.18. The fraction of sp³-hybridized carbons (Fsp3) is 0.263. The van der Waals surface area contributed by atoms with Crippen molar-refractivity contribution in [1.29, 1.82) is 0 Å². The predicted octanol–water partition coefficient (Wildman–Crippen LogP) is 2.46. The summed E-state index contributed by atoms with van der Waals surface area (Å²) in [6.45, 7) is 5.70. The molecule has 0 aliphatic heterocycles. The molecule has 3 N–H and O–H groups in total. The number of anilines is 1. The van der Waals surface area contributed by atoms with Crippen LogP contribution in [0.2, 0.25) is 0 Å². The molecular formula is C19H20N4O4S. The van der Waals surface area contributed by atoms with Gasteiger partial charge in [0, 0.05) is 5.69 Å². The number of nitrogens with one attached hydrogen (secondary N) is 1. The smallest absolute Gasteiger partial charge is 0.263 e. The number of thiophene rings is 1. The van der Waals surface area contributed by atoms with Crippen molar-refractivity contribution in [2.75, 3.05) is 11.9 Å². The van der Waals surface area contributed by atoms with E-state index in [0.29, 0.717) is 38.7 Å². The third-order valence-electron chi connectivity index (χ3n) is 4.33. The highest BCUT2D eigenvalue weighted by Gasteiger charge is 2.22. The van der Waals surface area contributed by atoms with Crippen LogP contribution in [0.4, 0.5) is 5.69 Å². The first-order valence-corrected chi connectivity index (χ1v) is 9.48. The maximum Gasteiger partial charge on any atom is 0.263 e. The number of hydrogen-bond acceptors (Lipinski definition) is 6. The molecular weight excluding hydrogens is 380 g/mol. The number of carbonyl (C=O) groups is 2. The highest BCUT2D eigenvalue weighted by molar-refractivity contribution is 7.20. The number of ether oxygens (including phenoxy) is 1. The summed E-state index contributed by atoms with van der Waals surface area (Å²) >= 11 is 1.07. The third-order valence-corrected chi connectivity index (χ3v) is 5.54. The van der Waals surface area contributed by atoms with Gasteiger partial charge >= 0.3 is 0 Å². The summed E-state index contributed by atoms with van der Waals surface area (Å²) in [5, 5.41) is 3.08. The summed E-state index contributed by atoms with van der Waals surface area (Å²) in [7, 11) is 0. The fourth-order valence-corrected chi connectivity index (χ4v) is 3.81. The monoisotopic (exact) mass is 400 g/mol. The summed E-state index contributed by atoms with van der Waals surface area (Å²) in [5.41, 5.74) is 6.04. The Morgan fingerprint density at radius 2 is 2.00 bits per heavy atom. The van der Waals surface area contributed by atoms with Crippen LogP contribution in [-0.2, 0) is 4.79 Å². The molecule has 9 heteroatoms. The van der Waals surface area contributed by atoms with E-state index < -0.39 is 11.9 Å². The van der Waals surface area contributed by atoms with E-state index in [-0.39, 0.29) is 11.5 Å².